The van der Waals surface area contributed by atoms with Gasteiger partial charge in [-0.2, -0.15) is 0 Å². The molecule has 7 heteroatoms. The van der Waals surface area contributed by atoms with Crippen molar-refractivity contribution in [3.8, 4) is 0 Å². The Hall–Kier alpha value is -3.97. The summed E-state index contributed by atoms with van der Waals surface area (Å²) in [5.74, 6) is 0.545. The normalized spacial score (nSPS) is 18.3. The van der Waals surface area contributed by atoms with Crippen LogP contribution in [0.5, 0.6) is 0 Å². The van der Waals surface area contributed by atoms with E-state index >= 15 is 0 Å². The first-order valence-corrected chi connectivity index (χ1v) is 15.8. The third kappa shape index (κ3) is 6.67. The molecule has 0 spiro atoms. The lowest BCUT2D eigenvalue weighted by atomic mass is 9.84. The van der Waals surface area contributed by atoms with Crippen LogP contribution in [0.2, 0.25) is 0 Å². The molecule has 5 rings (SSSR count). The summed E-state index contributed by atoms with van der Waals surface area (Å²) in [6.07, 6.45) is 8.29. The topological polar surface area (TPSA) is 91.5 Å². The van der Waals surface area contributed by atoms with Crippen molar-refractivity contribution < 1.29 is 0 Å². The molecule has 0 saturated heterocycles. The smallest absolute Gasteiger partial charge is 0.227 e. The molecule has 3 aromatic rings. The first-order valence-electron chi connectivity index (χ1n) is 15.8. The van der Waals surface area contributed by atoms with E-state index in [0.717, 1.165) is 74.7 Å². The number of anilines is 2. The van der Waals surface area contributed by atoms with E-state index in [9.17, 15) is 0 Å². The fraction of sp³-hybridized carbons (Fsp3) is 0.417. The van der Waals surface area contributed by atoms with Crippen LogP contribution in [-0.4, -0.2) is 52.8 Å². The molecule has 1 heterocycles. The SMILES string of the molecule is C=C(NC1CC(N(CCC)CCC)C1)c1ccc(Nc2ncc3c(n2)C(C(=NC)c2ccccc2C)=C(N)CC3)c(C)c1. The fourth-order valence-corrected chi connectivity index (χ4v) is 6.38. The van der Waals surface area contributed by atoms with Gasteiger partial charge in [-0.3, -0.25) is 4.99 Å². The number of hydrogen-bond acceptors (Lipinski definition) is 7. The highest BCUT2D eigenvalue weighted by Gasteiger charge is 2.33. The highest BCUT2D eigenvalue weighted by molar-refractivity contribution is 6.32. The number of nitrogens with two attached hydrogens (primary N) is 1. The van der Waals surface area contributed by atoms with Crippen LogP contribution in [0, 0.1) is 13.8 Å². The average molecular weight is 578 g/mol. The van der Waals surface area contributed by atoms with Crippen molar-refractivity contribution in [2.45, 2.75) is 78.3 Å². The van der Waals surface area contributed by atoms with Crippen LogP contribution in [-0.2, 0) is 6.42 Å². The van der Waals surface area contributed by atoms with Gasteiger partial charge in [0.15, 0.2) is 0 Å². The number of rotatable bonds is 12. The second kappa shape index (κ2) is 13.6. The molecule has 2 aliphatic rings. The van der Waals surface area contributed by atoms with Gasteiger partial charge in [0.25, 0.3) is 0 Å². The molecular weight excluding hydrogens is 530 g/mol. The van der Waals surface area contributed by atoms with Gasteiger partial charge in [-0.25, -0.2) is 9.97 Å². The predicted octanol–water partition coefficient (Wildman–Crippen LogP) is 6.79. The number of allylic oxidation sites excluding steroid dienone is 2. The third-order valence-electron chi connectivity index (χ3n) is 8.80. The Morgan fingerprint density at radius 2 is 1.79 bits per heavy atom. The first-order chi connectivity index (χ1) is 20.8. The first kappa shape index (κ1) is 30.5. The number of nitrogens with one attached hydrogen (secondary N) is 2. The number of aromatic nitrogens is 2. The number of fused-ring (bicyclic) bond motifs is 1. The monoisotopic (exact) mass is 577 g/mol. The zero-order valence-corrected chi connectivity index (χ0v) is 26.5. The van der Waals surface area contributed by atoms with Crippen molar-refractivity contribution in [2.24, 2.45) is 10.7 Å². The largest absolute Gasteiger partial charge is 0.401 e. The molecule has 0 aliphatic heterocycles. The Labute approximate surface area is 257 Å². The summed E-state index contributed by atoms with van der Waals surface area (Å²) in [4.78, 5) is 17.0. The van der Waals surface area contributed by atoms with Crippen LogP contribution < -0.4 is 16.4 Å². The van der Waals surface area contributed by atoms with Crippen LogP contribution in [0.25, 0.3) is 11.3 Å². The quantitative estimate of drug-likeness (QED) is 0.206. The Morgan fingerprint density at radius 3 is 2.47 bits per heavy atom. The van der Waals surface area contributed by atoms with Crippen LogP contribution in [0.1, 0.15) is 79.5 Å². The second-order valence-electron chi connectivity index (χ2n) is 12.0. The van der Waals surface area contributed by atoms with Crippen molar-refractivity contribution >= 4 is 28.6 Å². The average Bonchev–Trinajstić information content (AvgIpc) is 2.98. The Bertz CT molecular complexity index is 1520. The highest BCUT2D eigenvalue weighted by atomic mass is 15.2. The Morgan fingerprint density at radius 1 is 1.05 bits per heavy atom. The van der Waals surface area contributed by atoms with Gasteiger partial charge in [-0.1, -0.05) is 50.8 Å². The van der Waals surface area contributed by atoms with Crippen molar-refractivity contribution in [3.63, 3.8) is 0 Å². The molecule has 0 atom stereocenters. The molecule has 0 radical (unpaired) electrons. The summed E-state index contributed by atoms with van der Waals surface area (Å²) in [7, 11) is 1.82. The van der Waals surface area contributed by atoms with Gasteiger partial charge < -0.3 is 21.3 Å². The van der Waals surface area contributed by atoms with Gasteiger partial charge in [-0.15, -0.1) is 0 Å². The zero-order valence-electron chi connectivity index (χ0n) is 26.5. The number of aliphatic imine (C=N–C) groups is 1. The minimum absolute atomic E-state index is 0.488. The summed E-state index contributed by atoms with van der Waals surface area (Å²) in [6, 6.07) is 15.8. The van der Waals surface area contributed by atoms with E-state index in [0.29, 0.717) is 18.0 Å². The van der Waals surface area contributed by atoms with E-state index in [1.807, 2.05) is 25.4 Å². The molecule has 1 aromatic heterocycles. The zero-order chi connectivity index (χ0) is 30.5. The van der Waals surface area contributed by atoms with E-state index in [-0.39, 0.29) is 0 Å². The van der Waals surface area contributed by atoms with E-state index in [4.69, 9.17) is 10.7 Å². The maximum atomic E-state index is 6.63. The van der Waals surface area contributed by atoms with E-state index in [2.05, 4.69) is 90.1 Å². The Kier molecular flexibility index (Phi) is 9.61. The van der Waals surface area contributed by atoms with Gasteiger partial charge in [-0.05, 0) is 99.8 Å². The number of hydrogen-bond donors (Lipinski definition) is 3. The van der Waals surface area contributed by atoms with Crippen LogP contribution in [0.4, 0.5) is 11.6 Å². The molecular formula is C36H47N7. The molecule has 4 N–H and O–H groups in total. The summed E-state index contributed by atoms with van der Waals surface area (Å²) in [5, 5.41) is 7.14. The van der Waals surface area contributed by atoms with Gasteiger partial charge in [0.1, 0.15) is 0 Å². The van der Waals surface area contributed by atoms with Crippen molar-refractivity contribution in [3.05, 3.63) is 94.4 Å². The second-order valence-corrected chi connectivity index (χ2v) is 12.0. The van der Waals surface area contributed by atoms with E-state index in [1.54, 1.807) is 0 Å². The van der Waals surface area contributed by atoms with Crippen LogP contribution >= 0.6 is 0 Å². The molecule has 226 valence electrons. The van der Waals surface area contributed by atoms with Gasteiger partial charge >= 0.3 is 0 Å². The molecule has 43 heavy (non-hydrogen) atoms. The molecule has 2 aliphatic carbocycles. The fourth-order valence-electron chi connectivity index (χ4n) is 6.38. The van der Waals surface area contributed by atoms with Crippen molar-refractivity contribution in [1.82, 2.24) is 20.2 Å². The number of nitrogens with zero attached hydrogens (tertiary/aromatic N) is 4. The lowest BCUT2D eigenvalue weighted by Crippen LogP contribution is -2.52. The lowest BCUT2D eigenvalue weighted by molar-refractivity contribution is 0.102. The molecule has 2 aromatic carbocycles. The molecule has 0 unspecified atom stereocenters. The Balaban J connectivity index is 1.29. The van der Waals surface area contributed by atoms with Crippen molar-refractivity contribution in [2.75, 3.05) is 25.5 Å². The van der Waals surface area contributed by atoms with E-state index in [1.165, 1.54) is 38.8 Å². The van der Waals surface area contributed by atoms with E-state index < -0.39 is 0 Å². The summed E-state index contributed by atoms with van der Waals surface area (Å²) in [5.41, 5.74) is 17.5. The lowest BCUT2D eigenvalue weighted by Gasteiger charge is -2.44. The van der Waals surface area contributed by atoms with Gasteiger partial charge in [0, 0.05) is 53.5 Å². The summed E-state index contributed by atoms with van der Waals surface area (Å²) < 4.78 is 0. The highest BCUT2D eigenvalue weighted by Crippen LogP contribution is 2.33. The van der Waals surface area contributed by atoms with Crippen LogP contribution in [0.3, 0.4) is 0 Å². The van der Waals surface area contributed by atoms with Gasteiger partial charge in [0.2, 0.25) is 5.95 Å². The third-order valence-corrected chi connectivity index (χ3v) is 8.80. The predicted molar refractivity (Wildman–Crippen MR) is 181 cm³/mol. The van der Waals surface area contributed by atoms with Gasteiger partial charge in [0.05, 0.1) is 11.4 Å². The minimum Gasteiger partial charge on any atom is -0.401 e. The minimum atomic E-state index is 0.488. The number of aryl methyl sites for hydroxylation is 3. The molecule has 0 amide bonds. The molecule has 1 saturated carbocycles. The molecule has 1 fully saturated rings. The standard InChI is InChI=1S/C36H47N7/c1-7-17-43(18-8-2)29-20-28(21-29)40-25(5)26-14-16-32(24(4)19-26)41-36-39-22-27-13-15-31(37)33(34(27)42-36)35(38-6)30-12-10-9-11-23(30)3/h9-12,14,16,19,22,28-29,40H,5,7-8,13,15,17-18,20-21,37H2,1-4,6H3,(H,39,41,42). The molecule has 0 bridgehead atoms. The molecule has 7 nitrogen and oxygen atoms in total. The maximum absolute atomic E-state index is 6.63. The van der Waals surface area contributed by atoms with Crippen LogP contribution in [0.15, 0.2) is 65.9 Å². The summed E-state index contributed by atoms with van der Waals surface area (Å²) in [6.45, 7) is 15.5. The summed E-state index contributed by atoms with van der Waals surface area (Å²) >= 11 is 0. The maximum Gasteiger partial charge on any atom is 0.227 e. The number of benzene rings is 2. The van der Waals surface area contributed by atoms with Crippen molar-refractivity contribution in [1.29, 1.82) is 0 Å².